The maximum Gasteiger partial charge on any atom is 0.0699 e. The van der Waals surface area contributed by atoms with Crippen molar-refractivity contribution >= 4 is 0 Å². The van der Waals surface area contributed by atoms with Gasteiger partial charge in [0, 0.05) is 19.0 Å². The molecular weight excluding hydrogens is 138 g/mol. The zero-order valence-corrected chi connectivity index (χ0v) is 6.93. The molecule has 0 radical (unpaired) electrons. The minimum Gasteiger partial charge on any atom is -0.390 e. The molecule has 0 amide bonds. The van der Waals surface area contributed by atoms with Crippen molar-refractivity contribution in [3.8, 4) is 0 Å². The van der Waals surface area contributed by atoms with E-state index in [2.05, 4.69) is 5.32 Å². The molecule has 2 aliphatic carbocycles. The van der Waals surface area contributed by atoms with Gasteiger partial charge in [-0.3, -0.25) is 0 Å². The molecule has 1 heterocycles. The van der Waals surface area contributed by atoms with Crippen LogP contribution in [0.5, 0.6) is 0 Å². The number of aliphatic hydroxyl groups is 1. The summed E-state index contributed by atoms with van der Waals surface area (Å²) >= 11 is 0. The Morgan fingerprint density at radius 1 is 1.45 bits per heavy atom. The number of hydrogen-bond acceptors (Lipinski definition) is 2. The van der Waals surface area contributed by atoms with E-state index >= 15 is 0 Å². The van der Waals surface area contributed by atoms with Crippen molar-refractivity contribution in [1.29, 1.82) is 0 Å². The summed E-state index contributed by atoms with van der Waals surface area (Å²) in [6.07, 6.45) is 2.61. The number of nitrogens with one attached hydrogen (secondary N) is 1. The minimum atomic E-state index is -0.332. The Balaban J connectivity index is 1.98. The average molecular weight is 153 g/mol. The fraction of sp³-hybridized carbons (Fsp3) is 1.00. The predicted molar refractivity (Wildman–Crippen MR) is 42.1 cm³/mol. The third-order valence-electron chi connectivity index (χ3n) is 4.50. The maximum absolute atomic E-state index is 10.0. The van der Waals surface area contributed by atoms with Crippen LogP contribution >= 0.6 is 0 Å². The van der Waals surface area contributed by atoms with Gasteiger partial charge in [0.2, 0.25) is 0 Å². The summed E-state index contributed by atoms with van der Waals surface area (Å²) in [4.78, 5) is 0. The van der Waals surface area contributed by atoms with Gasteiger partial charge < -0.3 is 10.4 Å². The lowest BCUT2D eigenvalue weighted by Gasteiger charge is -2.69. The fourth-order valence-electron chi connectivity index (χ4n) is 3.87. The molecule has 2 nitrogen and oxygen atoms in total. The molecule has 11 heavy (non-hydrogen) atoms. The lowest BCUT2D eigenvalue weighted by molar-refractivity contribution is -0.273. The highest BCUT2D eigenvalue weighted by Crippen LogP contribution is 2.70. The van der Waals surface area contributed by atoms with E-state index in [4.69, 9.17) is 0 Å². The van der Waals surface area contributed by atoms with Crippen molar-refractivity contribution in [2.24, 2.45) is 17.3 Å². The van der Waals surface area contributed by atoms with Gasteiger partial charge in [-0.15, -0.1) is 0 Å². The van der Waals surface area contributed by atoms with Crippen LogP contribution in [0.2, 0.25) is 0 Å². The van der Waals surface area contributed by atoms with Gasteiger partial charge in [-0.05, 0) is 31.1 Å². The summed E-state index contributed by atoms with van der Waals surface area (Å²) in [5.74, 6) is 1.18. The molecule has 0 aromatic heterocycles. The highest BCUT2D eigenvalue weighted by atomic mass is 16.3. The summed E-state index contributed by atoms with van der Waals surface area (Å²) < 4.78 is 0. The van der Waals surface area contributed by atoms with E-state index in [0.717, 1.165) is 6.54 Å². The smallest absolute Gasteiger partial charge is 0.0699 e. The molecule has 3 aliphatic rings. The molecule has 62 valence electrons. The van der Waals surface area contributed by atoms with Crippen LogP contribution in [0.4, 0.5) is 0 Å². The third kappa shape index (κ3) is 0.456. The molecule has 1 saturated heterocycles. The molecule has 2 saturated carbocycles. The van der Waals surface area contributed by atoms with Crippen molar-refractivity contribution in [2.45, 2.75) is 25.4 Å². The highest BCUT2D eigenvalue weighted by Gasteiger charge is 2.73. The van der Waals surface area contributed by atoms with Gasteiger partial charge in [-0.2, -0.15) is 0 Å². The van der Waals surface area contributed by atoms with E-state index < -0.39 is 0 Å². The Kier molecular flexibility index (Phi) is 0.879. The standard InChI is InChI=1S/C9H15NO/c1-8(11)6-2-3-9(6)5-10-4-7(8)9/h6-7,10-11H,2-5H2,1H3. The van der Waals surface area contributed by atoms with Gasteiger partial charge in [0.15, 0.2) is 0 Å². The van der Waals surface area contributed by atoms with E-state index in [-0.39, 0.29) is 5.60 Å². The van der Waals surface area contributed by atoms with Crippen LogP contribution in [-0.2, 0) is 0 Å². The van der Waals surface area contributed by atoms with E-state index in [1.165, 1.54) is 19.4 Å². The van der Waals surface area contributed by atoms with Crippen LogP contribution in [0.25, 0.3) is 0 Å². The quantitative estimate of drug-likeness (QED) is 0.527. The van der Waals surface area contributed by atoms with Crippen molar-refractivity contribution in [2.75, 3.05) is 13.1 Å². The zero-order valence-electron chi connectivity index (χ0n) is 6.93. The van der Waals surface area contributed by atoms with Gasteiger partial charge >= 0.3 is 0 Å². The maximum atomic E-state index is 10.0. The lowest BCUT2D eigenvalue weighted by Crippen LogP contribution is -2.72. The molecule has 0 bridgehead atoms. The predicted octanol–water partition coefficient (Wildman–Crippen LogP) is 0.367. The van der Waals surface area contributed by atoms with Crippen molar-refractivity contribution < 1.29 is 5.11 Å². The van der Waals surface area contributed by atoms with E-state index in [9.17, 15) is 5.11 Å². The van der Waals surface area contributed by atoms with Crippen LogP contribution < -0.4 is 5.32 Å². The monoisotopic (exact) mass is 153 g/mol. The normalized spacial score (nSPS) is 66.0. The lowest BCUT2D eigenvalue weighted by atomic mass is 9.37. The molecule has 0 aromatic rings. The second-order valence-corrected chi connectivity index (χ2v) is 4.73. The first-order chi connectivity index (χ1) is 5.18. The highest BCUT2D eigenvalue weighted by molar-refractivity contribution is 5.24. The summed E-state index contributed by atoms with van der Waals surface area (Å²) in [5, 5.41) is 13.4. The third-order valence-corrected chi connectivity index (χ3v) is 4.50. The molecule has 4 atom stereocenters. The van der Waals surface area contributed by atoms with Crippen LogP contribution in [-0.4, -0.2) is 23.8 Å². The Hall–Kier alpha value is -0.0800. The Morgan fingerprint density at radius 3 is 2.82 bits per heavy atom. The Labute approximate surface area is 67.0 Å². The van der Waals surface area contributed by atoms with Gasteiger partial charge in [-0.1, -0.05) is 0 Å². The minimum absolute atomic E-state index is 0.332. The molecule has 1 spiro atoms. The zero-order chi connectivity index (χ0) is 7.69. The van der Waals surface area contributed by atoms with Crippen molar-refractivity contribution in [3.63, 3.8) is 0 Å². The molecule has 0 aromatic carbocycles. The molecule has 3 rings (SSSR count). The van der Waals surface area contributed by atoms with Gasteiger partial charge in [-0.25, -0.2) is 0 Å². The first-order valence-electron chi connectivity index (χ1n) is 4.61. The number of hydrogen-bond donors (Lipinski definition) is 2. The molecule has 3 fully saturated rings. The van der Waals surface area contributed by atoms with Crippen LogP contribution in [0.1, 0.15) is 19.8 Å². The summed E-state index contributed by atoms with van der Waals surface area (Å²) in [6.45, 7) is 4.23. The molecule has 1 aliphatic heterocycles. The van der Waals surface area contributed by atoms with E-state index in [1.54, 1.807) is 0 Å². The second kappa shape index (κ2) is 1.50. The van der Waals surface area contributed by atoms with Gasteiger partial charge in [0.1, 0.15) is 0 Å². The van der Waals surface area contributed by atoms with Crippen LogP contribution in [0, 0.1) is 17.3 Å². The first-order valence-corrected chi connectivity index (χ1v) is 4.61. The van der Waals surface area contributed by atoms with Crippen LogP contribution in [0.15, 0.2) is 0 Å². The van der Waals surface area contributed by atoms with Gasteiger partial charge in [0.05, 0.1) is 5.60 Å². The fourth-order valence-corrected chi connectivity index (χ4v) is 3.87. The second-order valence-electron chi connectivity index (χ2n) is 4.73. The summed E-state index contributed by atoms with van der Waals surface area (Å²) in [5.41, 5.74) is 0.214. The number of rotatable bonds is 0. The van der Waals surface area contributed by atoms with Crippen LogP contribution in [0.3, 0.4) is 0 Å². The first kappa shape index (κ1) is 6.44. The molecule has 2 heteroatoms. The molecule has 2 N–H and O–H groups in total. The van der Waals surface area contributed by atoms with E-state index in [0.29, 0.717) is 17.3 Å². The van der Waals surface area contributed by atoms with Crippen molar-refractivity contribution in [3.05, 3.63) is 0 Å². The topological polar surface area (TPSA) is 32.3 Å². The summed E-state index contributed by atoms with van der Waals surface area (Å²) in [6, 6.07) is 0. The molecular formula is C9H15NO. The Bertz CT molecular complexity index is 214. The summed E-state index contributed by atoms with van der Waals surface area (Å²) in [7, 11) is 0. The van der Waals surface area contributed by atoms with E-state index in [1.807, 2.05) is 6.92 Å². The molecule has 4 unspecified atom stereocenters. The SMILES string of the molecule is CC1(O)C2CCC23CNCC13. The largest absolute Gasteiger partial charge is 0.390 e. The average Bonchev–Trinajstić information content (AvgIpc) is 2.26. The van der Waals surface area contributed by atoms with Gasteiger partial charge in [0.25, 0.3) is 0 Å². The Morgan fingerprint density at radius 2 is 2.27 bits per heavy atom. The van der Waals surface area contributed by atoms with Crippen molar-refractivity contribution in [1.82, 2.24) is 5.32 Å².